The SMILES string of the molecule is CC(=O)Nc1cccc(C(=O)/C=C/c2c(F)c(F)c(F)c(F)c2F)c1. The third kappa shape index (κ3) is 3.90. The zero-order valence-corrected chi connectivity index (χ0v) is 12.7. The molecule has 130 valence electrons. The number of hydrogen-bond acceptors (Lipinski definition) is 2. The summed E-state index contributed by atoms with van der Waals surface area (Å²) in [4.78, 5) is 23.0. The molecule has 0 radical (unpaired) electrons. The van der Waals surface area contributed by atoms with E-state index in [0.717, 1.165) is 0 Å². The first-order valence-electron chi connectivity index (χ1n) is 6.84. The maximum Gasteiger partial charge on any atom is 0.221 e. The molecule has 1 N–H and O–H groups in total. The van der Waals surface area contributed by atoms with Crippen molar-refractivity contribution < 1.29 is 31.5 Å². The number of nitrogens with one attached hydrogen (secondary N) is 1. The first-order chi connectivity index (χ1) is 11.7. The second-order valence-electron chi connectivity index (χ2n) is 4.94. The maximum atomic E-state index is 13.5. The molecule has 0 aliphatic carbocycles. The smallest absolute Gasteiger partial charge is 0.221 e. The summed E-state index contributed by atoms with van der Waals surface area (Å²) in [6, 6.07) is 5.61. The van der Waals surface area contributed by atoms with Crippen LogP contribution in [0.15, 0.2) is 30.3 Å². The van der Waals surface area contributed by atoms with Crippen LogP contribution in [0, 0.1) is 29.1 Å². The van der Waals surface area contributed by atoms with Crippen LogP contribution in [0.3, 0.4) is 0 Å². The van der Waals surface area contributed by atoms with E-state index in [1.807, 2.05) is 0 Å². The lowest BCUT2D eigenvalue weighted by Gasteiger charge is -2.05. The van der Waals surface area contributed by atoms with E-state index >= 15 is 0 Å². The van der Waals surface area contributed by atoms with Crippen molar-refractivity contribution in [1.29, 1.82) is 0 Å². The van der Waals surface area contributed by atoms with Gasteiger partial charge in [0.2, 0.25) is 11.7 Å². The molecular formula is C17H10F5NO2. The van der Waals surface area contributed by atoms with Crippen LogP contribution >= 0.6 is 0 Å². The van der Waals surface area contributed by atoms with Gasteiger partial charge >= 0.3 is 0 Å². The zero-order valence-electron chi connectivity index (χ0n) is 12.7. The van der Waals surface area contributed by atoms with Crippen molar-refractivity contribution in [2.45, 2.75) is 6.92 Å². The van der Waals surface area contributed by atoms with E-state index in [2.05, 4.69) is 5.32 Å². The number of ketones is 1. The average molecular weight is 355 g/mol. The second-order valence-corrected chi connectivity index (χ2v) is 4.94. The molecule has 1 amide bonds. The van der Waals surface area contributed by atoms with E-state index in [9.17, 15) is 31.5 Å². The highest BCUT2D eigenvalue weighted by atomic mass is 19.2. The quantitative estimate of drug-likeness (QED) is 0.293. The van der Waals surface area contributed by atoms with Crippen molar-refractivity contribution in [1.82, 2.24) is 0 Å². The average Bonchev–Trinajstić information content (AvgIpc) is 2.57. The molecule has 2 aromatic rings. The van der Waals surface area contributed by atoms with Crippen molar-refractivity contribution in [2.24, 2.45) is 0 Å². The van der Waals surface area contributed by atoms with Crippen LogP contribution in [-0.4, -0.2) is 11.7 Å². The summed E-state index contributed by atoms with van der Waals surface area (Å²) < 4.78 is 66.2. The van der Waals surface area contributed by atoms with Crippen molar-refractivity contribution in [3.05, 3.63) is 70.6 Å². The predicted octanol–water partition coefficient (Wildman–Crippen LogP) is 4.24. The number of hydrogen-bond donors (Lipinski definition) is 1. The van der Waals surface area contributed by atoms with Gasteiger partial charge in [0.1, 0.15) is 0 Å². The van der Waals surface area contributed by atoms with Crippen molar-refractivity contribution in [2.75, 3.05) is 5.32 Å². The third-order valence-corrected chi connectivity index (χ3v) is 3.11. The molecule has 3 nitrogen and oxygen atoms in total. The lowest BCUT2D eigenvalue weighted by atomic mass is 10.1. The summed E-state index contributed by atoms with van der Waals surface area (Å²) in [5, 5.41) is 2.44. The number of carbonyl (C=O) groups excluding carboxylic acids is 2. The molecule has 8 heteroatoms. The molecule has 0 aromatic heterocycles. The van der Waals surface area contributed by atoms with Gasteiger partial charge in [0, 0.05) is 18.2 Å². The van der Waals surface area contributed by atoms with Gasteiger partial charge in [0.25, 0.3) is 0 Å². The van der Waals surface area contributed by atoms with Crippen LogP contribution in [0.5, 0.6) is 0 Å². The second kappa shape index (κ2) is 7.25. The standard InChI is InChI=1S/C17H10F5NO2/c1-8(24)23-10-4-2-3-9(7-10)12(25)6-5-11-13(18)15(20)17(22)16(21)14(11)19/h2-7H,1H3,(H,23,24)/b6-5+. The molecule has 0 aliphatic heterocycles. The van der Waals surface area contributed by atoms with Gasteiger partial charge in [0.05, 0.1) is 5.56 Å². The number of amides is 1. The van der Waals surface area contributed by atoms with Crippen LogP contribution in [-0.2, 0) is 4.79 Å². The summed E-state index contributed by atoms with van der Waals surface area (Å²) in [6.45, 7) is 1.26. The van der Waals surface area contributed by atoms with Gasteiger partial charge in [0.15, 0.2) is 29.1 Å². The molecule has 2 rings (SSSR count). The highest BCUT2D eigenvalue weighted by molar-refractivity contribution is 6.07. The van der Waals surface area contributed by atoms with Crippen LogP contribution in [0.2, 0.25) is 0 Å². The lowest BCUT2D eigenvalue weighted by molar-refractivity contribution is -0.114. The number of anilines is 1. The molecule has 0 heterocycles. The molecule has 0 fully saturated rings. The molecule has 0 unspecified atom stereocenters. The van der Waals surface area contributed by atoms with E-state index in [-0.39, 0.29) is 11.5 Å². The Kier molecular flexibility index (Phi) is 5.31. The third-order valence-electron chi connectivity index (χ3n) is 3.11. The predicted molar refractivity (Wildman–Crippen MR) is 80.3 cm³/mol. The van der Waals surface area contributed by atoms with Crippen molar-refractivity contribution in [3.8, 4) is 0 Å². The summed E-state index contributed by atoms with van der Waals surface area (Å²) in [5.74, 6) is -11.7. The minimum absolute atomic E-state index is 0.0476. The fourth-order valence-corrected chi connectivity index (χ4v) is 1.98. The fourth-order valence-electron chi connectivity index (χ4n) is 1.98. The van der Waals surface area contributed by atoms with Gasteiger partial charge in [-0.05, 0) is 24.3 Å². The lowest BCUT2D eigenvalue weighted by Crippen LogP contribution is -2.06. The Balaban J connectivity index is 2.34. The molecule has 25 heavy (non-hydrogen) atoms. The molecule has 2 aromatic carbocycles. The molecule has 0 atom stereocenters. The summed E-state index contributed by atoms with van der Waals surface area (Å²) >= 11 is 0. The normalized spacial score (nSPS) is 11.0. The Hall–Kier alpha value is -3.03. The Morgan fingerprint density at radius 1 is 0.920 bits per heavy atom. The van der Waals surface area contributed by atoms with E-state index in [1.54, 1.807) is 0 Å². The number of benzene rings is 2. The highest BCUT2D eigenvalue weighted by Gasteiger charge is 2.24. The number of rotatable bonds is 4. The monoisotopic (exact) mass is 355 g/mol. The fraction of sp³-hybridized carbons (Fsp3) is 0.0588. The highest BCUT2D eigenvalue weighted by Crippen LogP contribution is 2.24. The molecule has 0 saturated heterocycles. The van der Waals surface area contributed by atoms with Gasteiger partial charge < -0.3 is 5.32 Å². The van der Waals surface area contributed by atoms with E-state index in [0.29, 0.717) is 17.8 Å². The Morgan fingerprint density at radius 2 is 1.48 bits per heavy atom. The zero-order chi connectivity index (χ0) is 18.7. The van der Waals surface area contributed by atoms with Gasteiger partial charge in [-0.2, -0.15) is 0 Å². The van der Waals surface area contributed by atoms with E-state index in [4.69, 9.17) is 0 Å². The van der Waals surface area contributed by atoms with Crippen LogP contribution in [0.1, 0.15) is 22.8 Å². The Morgan fingerprint density at radius 3 is 2.04 bits per heavy atom. The first kappa shape index (κ1) is 18.3. The molecular weight excluding hydrogens is 345 g/mol. The largest absolute Gasteiger partial charge is 0.326 e. The van der Waals surface area contributed by atoms with Gasteiger partial charge in [-0.15, -0.1) is 0 Å². The number of halogens is 5. The number of carbonyl (C=O) groups is 2. The minimum Gasteiger partial charge on any atom is -0.326 e. The minimum atomic E-state index is -2.28. The summed E-state index contributed by atoms with van der Waals surface area (Å²) in [5.41, 5.74) is -0.864. The summed E-state index contributed by atoms with van der Waals surface area (Å²) in [6.07, 6.45) is 1.18. The molecule has 0 bridgehead atoms. The van der Waals surface area contributed by atoms with Gasteiger partial charge in [-0.3, -0.25) is 9.59 Å². The topological polar surface area (TPSA) is 46.2 Å². The maximum absolute atomic E-state index is 13.5. The molecule has 0 aliphatic rings. The van der Waals surface area contributed by atoms with Crippen LogP contribution in [0.4, 0.5) is 27.6 Å². The number of allylic oxidation sites excluding steroid dienone is 1. The molecule has 0 spiro atoms. The first-order valence-corrected chi connectivity index (χ1v) is 6.84. The Labute approximate surface area is 138 Å². The summed E-state index contributed by atoms with van der Waals surface area (Å²) in [7, 11) is 0. The van der Waals surface area contributed by atoms with E-state index in [1.165, 1.54) is 31.2 Å². The van der Waals surface area contributed by atoms with Crippen molar-refractivity contribution in [3.63, 3.8) is 0 Å². The Bertz CT molecular complexity index is 864. The van der Waals surface area contributed by atoms with Gasteiger partial charge in [-0.1, -0.05) is 12.1 Å². The molecule has 0 saturated carbocycles. The van der Waals surface area contributed by atoms with Crippen LogP contribution in [0.25, 0.3) is 6.08 Å². The van der Waals surface area contributed by atoms with Crippen LogP contribution < -0.4 is 5.32 Å². The van der Waals surface area contributed by atoms with Gasteiger partial charge in [-0.25, -0.2) is 22.0 Å². The van der Waals surface area contributed by atoms with E-state index < -0.39 is 40.4 Å². The van der Waals surface area contributed by atoms with Crippen molar-refractivity contribution >= 4 is 23.5 Å².